The van der Waals surface area contributed by atoms with Crippen molar-refractivity contribution in [2.75, 3.05) is 23.7 Å². The van der Waals surface area contributed by atoms with Gasteiger partial charge in [0.15, 0.2) is 0 Å². The Kier molecular flexibility index (Phi) is 4.08. The van der Waals surface area contributed by atoms with Crippen molar-refractivity contribution >= 4 is 11.6 Å². The summed E-state index contributed by atoms with van der Waals surface area (Å²) in [6.45, 7) is -1.15. The van der Waals surface area contributed by atoms with Gasteiger partial charge in [0.25, 0.3) is 0 Å². The second kappa shape index (κ2) is 6.17. The van der Waals surface area contributed by atoms with Gasteiger partial charge in [-0.15, -0.1) is 0 Å². The van der Waals surface area contributed by atoms with Crippen LogP contribution in [-0.2, 0) is 0 Å². The maximum Gasteiger partial charge on any atom is 0.387 e. The van der Waals surface area contributed by atoms with E-state index in [-0.39, 0.29) is 5.75 Å². The van der Waals surface area contributed by atoms with E-state index in [1.165, 1.54) is 12.3 Å². The van der Waals surface area contributed by atoms with Gasteiger partial charge >= 0.3 is 6.61 Å². The van der Waals surface area contributed by atoms with E-state index in [0.29, 0.717) is 11.7 Å². The number of hydrogen-bond acceptors (Lipinski definition) is 5. The molecule has 1 fully saturated rings. The molecule has 0 radical (unpaired) electrons. The molecule has 1 saturated heterocycles. The van der Waals surface area contributed by atoms with E-state index in [1.54, 1.807) is 6.07 Å². The van der Waals surface area contributed by atoms with E-state index in [4.69, 9.17) is 5.73 Å². The van der Waals surface area contributed by atoms with Crippen molar-refractivity contribution in [3.05, 3.63) is 30.1 Å². The molecule has 2 aromatic rings. The summed E-state index contributed by atoms with van der Waals surface area (Å²) < 4.78 is 28.5. The fraction of sp³-hybridized carbons (Fsp3) is 0.429. The zero-order valence-corrected chi connectivity index (χ0v) is 11.9. The van der Waals surface area contributed by atoms with Crippen molar-refractivity contribution in [1.82, 2.24) is 15.2 Å². The van der Waals surface area contributed by atoms with Crippen molar-refractivity contribution in [1.29, 1.82) is 0 Å². The fourth-order valence-corrected chi connectivity index (χ4v) is 2.71. The highest BCUT2D eigenvalue weighted by Gasteiger charge is 2.22. The van der Waals surface area contributed by atoms with Gasteiger partial charge in [-0.05, 0) is 25.0 Å². The van der Waals surface area contributed by atoms with Crippen LogP contribution in [0.1, 0.15) is 24.5 Å². The number of pyridine rings is 1. The Morgan fingerprint density at radius 1 is 1.32 bits per heavy atom. The molecule has 1 aliphatic heterocycles. The molecule has 0 aromatic carbocycles. The standard InChI is InChI=1S/C14H17F2N5O/c15-14(16)22-10-1-2-13(18-8-10)21-5-3-9(4-6-21)11-7-12(17)20-19-11/h1-2,7-9,14H,3-6H2,(H3,17,19,20). The first-order chi connectivity index (χ1) is 10.6. The van der Waals surface area contributed by atoms with Crippen molar-refractivity contribution in [2.45, 2.75) is 25.4 Å². The molecule has 0 saturated carbocycles. The lowest BCUT2D eigenvalue weighted by Gasteiger charge is -2.32. The van der Waals surface area contributed by atoms with Gasteiger partial charge in [-0.2, -0.15) is 13.9 Å². The molecule has 3 rings (SSSR count). The third kappa shape index (κ3) is 3.26. The molecule has 118 valence electrons. The largest absolute Gasteiger partial charge is 0.433 e. The van der Waals surface area contributed by atoms with Gasteiger partial charge in [0, 0.05) is 30.8 Å². The normalized spacial score (nSPS) is 16.2. The molecule has 3 N–H and O–H groups in total. The number of nitrogens with two attached hydrogens (primary N) is 1. The third-order valence-electron chi connectivity index (χ3n) is 3.82. The Morgan fingerprint density at radius 2 is 2.09 bits per heavy atom. The molecular weight excluding hydrogens is 292 g/mol. The van der Waals surface area contributed by atoms with Crippen LogP contribution in [0.15, 0.2) is 24.4 Å². The summed E-state index contributed by atoms with van der Waals surface area (Å²) in [7, 11) is 0. The van der Waals surface area contributed by atoms with E-state index < -0.39 is 6.61 Å². The number of nitrogen functional groups attached to an aromatic ring is 1. The number of halogens is 2. The number of aromatic amines is 1. The summed E-state index contributed by atoms with van der Waals surface area (Å²) in [5.74, 6) is 1.75. The Labute approximate surface area is 126 Å². The third-order valence-corrected chi connectivity index (χ3v) is 3.82. The molecule has 8 heteroatoms. The molecule has 0 aliphatic carbocycles. The Bertz CT molecular complexity index is 608. The molecular formula is C14H17F2N5O. The van der Waals surface area contributed by atoms with E-state index in [2.05, 4.69) is 24.8 Å². The van der Waals surface area contributed by atoms with E-state index in [9.17, 15) is 8.78 Å². The summed E-state index contributed by atoms with van der Waals surface area (Å²) in [5, 5.41) is 6.91. The van der Waals surface area contributed by atoms with Crippen LogP contribution in [0.25, 0.3) is 0 Å². The SMILES string of the molecule is Nc1cc(C2CCN(c3ccc(OC(F)F)cn3)CC2)[nH]n1. The maximum absolute atomic E-state index is 12.1. The Hall–Kier alpha value is -2.38. The molecule has 1 aliphatic rings. The molecule has 6 nitrogen and oxygen atoms in total. The number of nitrogens with zero attached hydrogens (tertiary/aromatic N) is 3. The number of piperidine rings is 1. The summed E-state index contributed by atoms with van der Waals surface area (Å²) in [5.41, 5.74) is 6.69. The van der Waals surface area contributed by atoms with E-state index >= 15 is 0 Å². The first-order valence-electron chi connectivity index (χ1n) is 7.08. The number of aromatic nitrogens is 3. The van der Waals surface area contributed by atoms with Crippen molar-refractivity contribution < 1.29 is 13.5 Å². The number of H-pyrrole nitrogens is 1. The predicted molar refractivity (Wildman–Crippen MR) is 78.1 cm³/mol. The zero-order chi connectivity index (χ0) is 15.5. The highest BCUT2D eigenvalue weighted by molar-refractivity contribution is 5.42. The Balaban J connectivity index is 1.59. The van der Waals surface area contributed by atoms with Gasteiger partial charge in [0.05, 0.1) is 6.20 Å². The van der Waals surface area contributed by atoms with Crippen LogP contribution < -0.4 is 15.4 Å². The van der Waals surface area contributed by atoms with Crippen LogP contribution in [0.2, 0.25) is 0 Å². The van der Waals surface area contributed by atoms with Crippen molar-refractivity contribution in [3.8, 4) is 5.75 Å². The van der Waals surface area contributed by atoms with Crippen molar-refractivity contribution in [3.63, 3.8) is 0 Å². The zero-order valence-electron chi connectivity index (χ0n) is 11.9. The average Bonchev–Trinajstić information content (AvgIpc) is 2.94. The lowest BCUT2D eigenvalue weighted by Crippen LogP contribution is -2.33. The molecule has 0 spiro atoms. The average molecular weight is 309 g/mol. The second-order valence-electron chi connectivity index (χ2n) is 5.24. The van der Waals surface area contributed by atoms with Crippen LogP contribution in [-0.4, -0.2) is 34.9 Å². The molecule has 0 bridgehead atoms. The number of hydrogen-bond donors (Lipinski definition) is 2. The lowest BCUT2D eigenvalue weighted by molar-refractivity contribution is -0.0500. The van der Waals surface area contributed by atoms with Crippen molar-refractivity contribution in [2.24, 2.45) is 0 Å². The molecule has 2 aromatic heterocycles. The van der Waals surface area contributed by atoms with Crippen LogP contribution in [0.4, 0.5) is 20.4 Å². The van der Waals surface area contributed by atoms with E-state index in [1.807, 2.05) is 6.07 Å². The molecule has 3 heterocycles. The van der Waals surface area contributed by atoms with Crippen LogP contribution in [0.3, 0.4) is 0 Å². The maximum atomic E-state index is 12.1. The molecule has 0 atom stereocenters. The van der Waals surface area contributed by atoms with Gasteiger partial charge < -0.3 is 15.4 Å². The monoisotopic (exact) mass is 309 g/mol. The first-order valence-corrected chi connectivity index (χ1v) is 7.08. The van der Waals surface area contributed by atoms with E-state index in [0.717, 1.165) is 37.4 Å². The second-order valence-corrected chi connectivity index (χ2v) is 5.24. The van der Waals surface area contributed by atoms with Gasteiger partial charge in [-0.25, -0.2) is 4.98 Å². The lowest BCUT2D eigenvalue weighted by atomic mass is 9.93. The minimum atomic E-state index is -2.83. The minimum absolute atomic E-state index is 0.0709. The quantitative estimate of drug-likeness (QED) is 0.906. The molecule has 0 unspecified atom stereocenters. The summed E-state index contributed by atoms with van der Waals surface area (Å²) in [4.78, 5) is 6.31. The van der Waals surface area contributed by atoms with Gasteiger partial charge in [-0.1, -0.05) is 0 Å². The topological polar surface area (TPSA) is 80.1 Å². The van der Waals surface area contributed by atoms with Crippen LogP contribution in [0.5, 0.6) is 5.75 Å². The summed E-state index contributed by atoms with van der Waals surface area (Å²) in [6, 6.07) is 5.08. The number of rotatable bonds is 4. The Morgan fingerprint density at radius 3 is 2.64 bits per heavy atom. The molecule has 0 amide bonds. The number of nitrogens with one attached hydrogen (secondary N) is 1. The number of ether oxygens (including phenoxy) is 1. The molecule has 22 heavy (non-hydrogen) atoms. The summed E-state index contributed by atoms with van der Waals surface area (Å²) in [6.07, 6.45) is 3.24. The van der Waals surface area contributed by atoms with Crippen LogP contribution >= 0.6 is 0 Å². The van der Waals surface area contributed by atoms with Gasteiger partial charge in [0.2, 0.25) is 0 Å². The smallest absolute Gasteiger partial charge is 0.387 e. The fourth-order valence-electron chi connectivity index (χ4n) is 2.71. The summed E-state index contributed by atoms with van der Waals surface area (Å²) >= 11 is 0. The van der Waals surface area contributed by atoms with Gasteiger partial charge in [-0.3, -0.25) is 5.10 Å². The predicted octanol–water partition coefficient (Wildman–Crippen LogP) is 2.37. The highest BCUT2D eigenvalue weighted by atomic mass is 19.3. The number of anilines is 2. The first kappa shape index (κ1) is 14.6. The minimum Gasteiger partial charge on any atom is -0.433 e. The number of alkyl halides is 2. The highest BCUT2D eigenvalue weighted by Crippen LogP contribution is 2.29. The van der Waals surface area contributed by atoms with Crippen LogP contribution in [0, 0.1) is 0 Å². The van der Waals surface area contributed by atoms with Gasteiger partial charge in [0.1, 0.15) is 17.4 Å².